The molecular formula is C20H22N2O4. The van der Waals surface area contributed by atoms with Gasteiger partial charge in [-0.3, -0.25) is 9.59 Å². The summed E-state index contributed by atoms with van der Waals surface area (Å²) >= 11 is 0. The molecule has 26 heavy (non-hydrogen) atoms. The van der Waals surface area contributed by atoms with Crippen molar-refractivity contribution in [3.63, 3.8) is 0 Å². The number of nitrogen functional groups attached to an aromatic ring is 2. The van der Waals surface area contributed by atoms with Crippen LogP contribution < -0.4 is 11.5 Å². The van der Waals surface area contributed by atoms with Crippen LogP contribution in [0.1, 0.15) is 29.3 Å². The molecule has 0 fully saturated rings. The number of ketones is 2. The van der Waals surface area contributed by atoms with Gasteiger partial charge >= 0.3 is 5.97 Å². The quantitative estimate of drug-likeness (QED) is 0.556. The number of esters is 1. The van der Waals surface area contributed by atoms with E-state index in [9.17, 15) is 14.4 Å². The molecular weight excluding hydrogens is 332 g/mol. The summed E-state index contributed by atoms with van der Waals surface area (Å²) in [4.78, 5) is 35.9. The number of anilines is 2. The number of hydrogen-bond donors (Lipinski definition) is 2. The molecule has 0 spiro atoms. The van der Waals surface area contributed by atoms with Crippen LogP contribution in [0.25, 0.3) is 0 Å². The summed E-state index contributed by atoms with van der Waals surface area (Å²) < 4.78 is 5.02. The maximum absolute atomic E-state index is 12.1. The van der Waals surface area contributed by atoms with E-state index in [1.54, 1.807) is 24.3 Å². The third-order valence-electron chi connectivity index (χ3n) is 4.02. The standard InChI is InChI=1S/C20H22N2O4/c1-13(23)16(10-14-2-6-17(21)7-3-14)11-19(24)12-26-20(25)15-4-8-18(22)9-5-15/h2-9,16H,10-12,21-22H2,1H3. The largest absolute Gasteiger partial charge is 0.454 e. The number of nitrogens with two attached hydrogens (primary N) is 2. The number of hydrogen-bond acceptors (Lipinski definition) is 6. The molecule has 0 aliphatic carbocycles. The van der Waals surface area contributed by atoms with E-state index in [0.717, 1.165) is 5.56 Å². The van der Waals surface area contributed by atoms with E-state index in [4.69, 9.17) is 16.2 Å². The molecule has 1 atom stereocenters. The van der Waals surface area contributed by atoms with Gasteiger partial charge in [-0.2, -0.15) is 0 Å². The molecule has 2 rings (SSSR count). The van der Waals surface area contributed by atoms with Crippen LogP contribution in [0.15, 0.2) is 48.5 Å². The van der Waals surface area contributed by atoms with Crippen LogP contribution in [0.3, 0.4) is 0 Å². The van der Waals surface area contributed by atoms with Crippen molar-refractivity contribution >= 4 is 28.9 Å². The van der Waals surface area contributed by atoms with E-state index in [1.165, 1.54) is 19.1 Å². The Labute approximate surface area is 152 Å². The topological polar surface area (TPSA) is 112 Å². The van der Waals surface area contributed by atoms with Crippen molar-refractivity contribution in [1.29, 1.82) is 0 Å². The molecule has 136 valence electrons. The highest BCUT2D eigenvalue weighted by Crippen LogP contribution is 2.16. The van der Waals surface area contributed by atoms with Crippen molar-refractivity contribution in [3.05, 3.63) is 59.7 Å². The van der Waals surface area contributed by atoms with Gasteiger partial charge in [-0.1, -0.05) is 12.1 Å². The van der Waals surface area contributed by atoms with E-state index in [-0.39, 0.29) is 24.6 Å². The van der Waals surface area contributed by atoms with Gasteiger partial charge in [0.2, 0.25) is 0 Å². The van der Waals surface area contributed by atoms with Gasteiger partial charge in [-0.25, -0.2) is 4.79 Å². The van der Waals surface area contributed by atoms with Gasteiger partial charge in [0.1, 0.15) is 12.4 Å². The molecule has 1 unspecified atom stereocenters. The summed E-state index contributed by atoms with van der Waals surface area (Å²) in [5.74, 6) is -1.44. The number of Topliss-reactive ketones (excluding diaryl/α,β-unsaturated/α-hetero) is 2. The zero-order chi connectivity index (χ0) is 19.1. The lowest BCUT2D eigenvalue weighted by Gasteiger charge is -2.13. The first-order valence-electron chi connectivity index (χ1n) is 8.24. The second-order valence-electron chi connectivity index (χ2n) is 6.19. The summed E-state index contributed by atoms with van der Waals surface area (Å²) in [5, 5.41) is 0. The number of ether oxygens (including phenoxy) is 1. The van der Waals surface area contributed by atoms with Gasteiger partial charge in [0.15, 0.2) is 5.78 Å². The fourth-order valence-electron chi connectivity index (χ4n) is 2.48. The summed E-state index contributed by atoms with van der Waals surface area (Å²) in [6.07, 6.45) is 0.460. The van der Waals surface area contributed by atoms with Gasteiger partial charge in [-0.15, -0.1) is 0 Å². The first kappa shape index (κ1) is 19.2. The van der Waals surface area contributed by atoms with E-state index < -0.39 is 11.9 Å². The van der Waals surface area contributed by atoms with Gasteiger partial charge in [0.25, 0.3) is 0 Å². The Morgan fingerprint density at radius 3 is 2.00 bits per heavy atom. The van der Waals surface area contributed by atoms with Crippen LogP contribution >= 0.6 is 0 Å². The third kappa shape index (κ3) is 5.73. The number of carbonyl (C=O) groups is 3. The maximum atomic E-state index is 12.1. The average Bonchev–Trinajstić information content (AvgIpc) is 2.61. The van der Waals surface area contributed by atoms with Gasteiger partial charge in [0.05, 0.1) is 5.56 Å². The highest BCUT2D eigenvalue weighted by molar-refractivity contribution is 5.93. The van der Waals surface area contributed by atoms with E-state index in [2.05, 4.69) is 0 Å². The molecule has 0 amide bonds. The Balaban J connectivity index is 1.88. The minimum atomic E-state index is -0.601. The molecule has 4 N–H and O–H groups in total. The van der Waals surface area contributed by atoms with Gasteiger partial charge in [0, 0.05) is 23.7 Å². The Morgan fingerprint density at radius 1 is 0.923 bits per heavy atom. The zero-order valence-corrected chi connectivity index (χ0v) is 14.6. The van der Waals surface area contributed by atoms with Crippen molar-refractivity contribution in [1.82, 2.24) is 0 Å². The Morgan fingerprint density at radius 2 is 1.46 bits per heavy atom. The zero-order valence-electron chi connectivity index (χ0n) is 14.6. The highest BCUT2D eigenvalue weighted by Gasteiger charge is 2.20. The normalized spacial score (nSPS) is 11.6. The van der Waals surface area contributed by atoms with Crippen LogP contribution in [0.5, 0.6) is 0 Å². The lowest BCUT2D eigenvalue weighted by atomic mass is 9.91. The SMILES string of the molecule is CC(=O)C(CC(=O)COC(=O)c1ccc(N)cc1)Cc1ccc(N)cc1. The van der Waals surface area contributed by atoms with Crippen LogP contribution in [-0.2, 0) is 20.7 Å². The smallest absolute Gasteiger partial charge is 0.338 e. The molecule has 0 radical (unpaired) electrons. The highest BCUT2D eigenvalue weighted by atomic mass is 16.5. The number of benzene rings is 2. The summed E-state index contributed by atoms with van der Waals surface area (Å²) in [5.41, 5.74) is 13.6. The Hall–Kier alpha value is -3.15. The van der Waals surface area contributed by atoms with E-state index in [0.29, 0.717) is 23.4 Å². The fraction of sp³-hybridized carbons (Fsp3) is 0.250. The molecule has 6 nitrogen and oxygen atoms in total. The first-order valence-corrected chi connectivity index (χ1v) is 8.24. The lowest BCUT2D eigenvalue weighted by molar-refractivity contribution is -0.128. The summed E-state index contributed by atoms with van der Waals surface area (Å²) in [6, 6.07) is 13.4. The molecule has 0 saturated carbocycles. The first-order chi connectivity index (χ1) is 12.3. The monoisotopic (exact) mass is 354 g/mol. The molecule has 6 heteroatoms. The number of rotatable bonds is 8. The molecule has 0 aliphatic heterocycles. The van der Waals surface area contributed by atoms with E-state index in [1.807, 2.05) is 12.1 Å². The maximum Gasteiger partial charge on any atom is 0.338 e. The lowest BCUT2D eigenvalue weighted by Crippen LogP contribution is -2.22. The average molecular weight is 354 g/mol. The molecule has 0 saturated heterocycles. The van der Waals surface area contributed by atoms with Crippen LogP contribution in [0.4, 0.5) is 11.4 Å². The predicted octanol–water partition coefficient (Wildman–Crippen LogP) is 2.41. The molecule has 2 aromatic rings. The summed E-state index contributed by atoms with van der Waals surface area (Å²) in [6.45, 7) is 1.09. The van der Waals surface area contributed by atoms with Crippen LogP contribution in [0.2, 0.25) is 0 Å². The molecule has 2 aromatic carbocycles. The van der Waals surface area contributed by atoms with Gasteiger partial charge < -0.3 is 16.2 Å². The van der Waals surface area contributed by atoms with E-state index >= 15 is 0 Å². The van der Waals surface area contributed by atoms with Crippen molar-refractivity contribution in [3.8, 4) is 0 Å². The van der Waals surface area contributed by atoms with Crippen molar-refractivity contribution in [2.24, 2.45) is 5.92 Å². The fourth-order valence-corrected chi connectivity index (χ4v) is 2.48. The predicted molar refractivity (Wildman–Crippen MR) is 99.5 cm³/mol. The summed E-state index contributed by atoms with van der Waals surface area (Å²) in [7, 11) is 0. The molecule has 0 heterocycles. The molecule has 0 aromatic heterocycles. The second kappa shape index (κ2) is 8.80. The van der Waals surface area contributed by atoms with Gasteiger partial charge in [-0.05, 0) is 55.3 Å². The Bertz CT molecular complexity index is 782. The van der Waals surface area contributed by atoms with Crippen molar-refractivity contribution in [2.75, 3.05) is 18.1 Å². The number of carbonyl (C=O) groups excluding carboxylic acids is 3. The van der Waals surface area contributed by atoms with Crippen LogP contribution in [-0.4, -0.2) is 24.1 Å². The molecule has 0 aliphatic rings. The molecule has 0 bridgehead atoms. The third-order valence-corrected chi connectivity index (χ3v) is 4.02. The van der Waals surface area contributed by atoms with Crippen molar-refractivity contribution in [2.45, 2.75) is 19.8 Å². The van der Waals surface area contributed by atoms with Crippen LogP contribution in [0, 0.1) is 5.92 Å². The Kier molecular flexibility index (Phi) is 6.49. The minimum absolute atomic E-state index is 0.0225. The van der Waals surface area contributed by atoms with Crippen molar-refractivity contribution < 1.29 is 19.1 Å². The second-order valence-corrected chi connectivity index (χ2v) is 6.19. The minimum Gasteiger partial charge on any atom is -0.454 e.